The number of fused-ring (bicyclic) bond motifs is 7. The van der Waals surface area contributed by atoms with E-state index >= 15 is 0 Å². The Hall–Kier alpha value is -7.46. The number of hydrogen-bond donors (Lipinski definition) is 6. The highest BCUT2D eigenvalue weighted by atomic mass is 32.2. The number of nitrogens with two attached hydrogens (primary N) is 3. The quantitative estimate of drug-likeness (QED) is 0.0157. The zero-order valence-corrected chi connectivity index (χ0v) is 63.6. The van der Waals surface area contributed by atoms with Gasteiger partial charge in [0.1, 0.15) is 36.4 Å². The predicted molar refractivity (Wildman–Crippen MR) is 387 cm³/mol. The number of sulfone groups is 1. The summed E-state index contributed by atoms with van der Waals surface area (Å²) >= 11 is 0. The number of sulfonamides is 3. The van der Waals surface area contributed by atoms with Gasteiger partial charge < -0.3 is 52.1 Å². The molecule has 0 aliphatic carbocycles. The van der Waals surface area contributed by atoms with E-state index in [2.05, 4.69) is 16.0 Å². The molecule has 9 N–H and O–H groups in total. The molecule has 7 aliphatic rings. The number of nitrogens with zero attached hydrogens (tertiary/aromatic N) is 3. The van der Waals surface area contributed by atoms with Crippen LogP contribution < -0.4 is 37.9 Å². The van der Waals surface area contributed by atoms with Crippen LogP contribution in [-0.4, -0.2) is 190 Å². The summed E-state index contributed by atoms with van der Waals surface area (Å²) in [5.41, 5.74) is 19.8. The number of piperidine rings is 3. The Kier molecular flexibility index (Phi) is 28.2. The van der Waals surface area contributed by atoms with Crippen LogP contribution in [0.2, 0.25) is 0 Å². The van der Waals surface area contributed by atoms with Crippen molar-refractivity contribution >= 4 is 64.1 Å². The number of amides is 3. The van der Waals surface area contributed by atoms with Crippen molar-refractivity contribution in [1.82, 2.24) is 28.9 Å². The molecule has 6 saturated heterocycles. The summed E-state index contributed by atoms with van der Waals surface area (Å²) in [6, 6.07) is 13.8. The van der Waals surface area contributed by atoms with Crippen LogP contribution in [-0.2, 0) is 73.4 Å². The Morgan fingerprint density at radius 2 is 0.818 bits per heavy atom. The number of benzene rings is 5. The summed E-state index contributed by atoms with van der Waals surface area (Å²) in [6.45, 7) is -0.510. The molecule has 0 spiro atoms. The number of alkyl carbamates (subject to hydrolysis) is 2. The van der Waals surface area contributed by atoms with E-state index in [4.69, 9.17) is 36.1 Å². The fourth-order valence-electron chi connectivity index (χ4n) is 16.2. The maximum Gasteiger partial charge on any atom is 0.407 e. The average molecular weight is 1630 g/mol. The monoisotopic (exact) mass is 1630 g/mol. The molecule has 6 fully saturated rings. The number of ether oxygens (including phenoxy) is 4. The van der Waals surface area contributed by atoms with E-state index in [9.17, 15) is 87.6 Å². The van der Waals surface area contributed by atoms with Gasteiger partial charge in [-0.1, -0.05) is 18.2 Å². The maximum absolute atomic E-state index is 14.1. The highest BCUT2D eigenvalue weighted by Crippen LogP contribution is 2.45. The Bertz CT molecular complexity index is 4620. The van der Waals surface area contributed by atoms with Gasteiger partial charge in [0, 0.05) is 105 Å². The van der Waals surface area contributed by atoms with Crippen LogP contribution in [0.4, 0.5) is 49.1 Å². The predicted octanol–water partition coefficient (Wildman–Crippen LogP) is 8.01. The molecule has 37 heteroatoms. The SMILES string of the molecule is COCCOC(=O)NCCS(=O)(=O)N1[C@@H]2CC[C@H]1CC([C@H](N)Cc1cc(F)c(F)cc1F)C2.COc1ccc(C(=O)NCCS(=O)(=O)N2[C@@H]3CC[C@H]2CC([C@H](N)Cc2cc(F)c(F)cc2F)C3)cc1.N[C@H](Cc1cc(F)c(F)cc1F)C1C[C@H]2CC[C@@H](C1)N2S(=O)(=O)CCNC(=O)OCC1=Cc2ccccc2S1(=O)=O. The summed E-state index contributed by atoms with van der Waals surface area (Å²) in [5.74, 6) is -10.6. The van der Waals surface area contributed by atoms with Crippen LogP contribution in [0.1, 0.15) is 110 Å². The van der Waals surface area contributed by atoms with Crippen molar-refractivity contribution in [3.05, 3.63) is 170 Å². The van der Waals surface area contributed by atoms with Crippen LogP contribution in [0.15, 0.2) is 94.7 Å². The van der Waals surface area contributed by atoms with E-state index in [0.717, 1.165) is 18.2 Å². The highest BCUT2D eigenvalue weighted by molar-refractivity contribution is 7.96. The number of halogens is 9. The third-order valence-electron chi connectivity index (χ3n) is 21.5. The molecule has 3 amide bonds. The minimum Gasteiger partial charge on any atom is -0.497 e. The molecule has 5 aromatic rings. The minimum absolute atomic E-state index is 0.00376. The Balaban J connectivity index is 0.000000177. The zero-order valence-electron chi connectivity index (χ0n) is 60.3. The van der Waals surface area contributed by atoms with Crippen molar-refractivity contribution in [3.8, 4) is 5.75 Å². The van der Waals surface area contributed by atoms with E-state index in [1.54, 1.807) is 46.8 Å². The van der Waals surface area contributed by atoms with Gasteiger partial charge in [0.2, 0.25) is 39.9 Å². The second-order valence-corrected chi connectivity index (χ2v) is 36.6. The molecule has 0 radical (unpaired) electrons. The second kappa shape index (κ2) is 36.6. The van der Waals surface area contributed by atoms with Crippen LogP contribution in [0.25, 0.3) is 6.08 Å². The maximum atomic E-state index is 14.1. The molecular weight excluding hydrogens is 1540 g/mol. The van der Waals surface area contributed by atoms with Crippen LogP contribution >= 0.6 is 0 Å². The van der Waals surface area contributed by atoms with Crippen LogP contribution in [0.5, 0.6) is 5.75 Å². The highest BCUT2D eigenvalue weighted by Gasteiger charge is 2.51. The molecule has 6 bridgehead atoms. The standard InChI is InChI=1S/C27H30F3N3O6S2.C25H30F3N3O4S.C21H30F3N3O5S/c28-22-14-24(30)23(29)12-17(22)13-25(31)18-9-19-5-6-20(10-18)33(19)40(35,36)8-7-32-27(34)39-15-21-11-16-3-1-2-4-26(16)41(21,37)38;1-35-20-6-2-15(3-7-20)25(32)30-8-9-36(33,34)31-18-4-5-19(31)11-17(10-18)24(29)13-16-12-22(27)23(28)14-21(16)26;1-31-5-6-32-21(28)26-4-7-33(29,30)27-15-2-3-16(27)9-14(8-15)20(25)11-13-10-18(23)19(24)12-17(13)22/h1-4,11-12,14,18-20,25H,5-10,13,15,31H2,(H,32,34);2-3,6-7,12,14,17-19,24H,4-5,8-11,13,29H2,1H3,(H,30,32);10,12,14-16,20H,2-9,11,25H2,1H3,(H,26,28)/t18?,19-,20+,25-;17?,18-,19+,24-;14?,15-,16+,20-/m111/s1. The fraction of sp³-hybridized carbons (Fsp3) is 0.521. The lowest BCUT2D eigenvalue weighted by atomic mass is 9.83. The van der Waals surface area contributed by atoms with Gasteiger partial charge in [-0.05, 0) is 191 Å². The molecule has 5 aromatic carbocycles. The molecule has 3 unspecified atom stereocenters. The van der Waals surface area contributed by atoms with Crippen molar-refractivity contribution in [2.45, 2.75) is 156 Å². The molecule has 24 nitrogen and oxygen atoms in total. The van der Waals surface area contributed by atoms with E-state index in [-0.39, 0.29) is 156 Å². The van der Waals surface area contributed by atoms with Gasteiger partial charge in [-0.2, -0.15) is 12.9 Å². The lowest BCUT2D eigenvalue weighted by Crippen LogP contribution is -2.51. The first-order chi connectivity index (χ1) is 52.1. The molecule has 110 heavy (non-hydrogen) atoms. The lowest BCUT2D eigenvalue weighted by Gasteiger charge is -2.40. The van der Waals surface area contributed by atoms with Crippen molar-refractivity contribution in [2.75, 3.05) is 70.9 Å². The van der Waals surface area contributed by atoms with Crippen molar-refractivity contribution < 1.29 is 107 Å². The van der Waals surface area contributed by atoms with Gasteiger partial charge >= 0.3 is 12.2 Å². The third-order valence-corrected chi connectivity index (χ3v) is 29.3. The smallest absolute Gasteiger partial charge is 0.407 e. The Morgan fingerprint density at radius 3 is 1.17 bits per heavy atom. The second-order valence-electron chi connectivity index (χ2n) is 28.7. The molecular formula is C73H90F9N9O15S4. The van der Waals surface area contributed by atoms with Gasteiger partial charge in [0.25, 0.3) is 5.91 Å². The molecule has 12 atom stereocenters. The first-order valence-electron chi connectivity index (χ1n) is 36.1. The number of carbonyl (C=O) groups excluding carboxylic acids is 3. The van der Waals surface area contributed by atoms with Crippen molar-refractivity contribution in [1.29, 1.82) is 0 Å². The van der Waals surface area contributed by atoms with Crippen molar-refractivity contribution in [3.63, 3.8) is 0 Å². The van der Waals surface area contributed by atoms with E-state index in [1.807, 2.05) is 0 Å². The first-order valence-corrected chi connectivity index (χ1v) is 42.4. The molecule has 0 aromatic heterocycles. The molecule has 12 rings (SSSR count). The number of methoxy groups -OCH3 is 2. The Labute approximate surface area is 633 Å². The number of rotatable bonds is 28. The molecule has 7 heterocycles. The fourth-order valence-corrected chi connectivity index (χ4v) is 23.3. The number of nitrogens with one attached hydrogen (secondary N) is 3. The van der Waals surface area contributed by atoms with Gasteiger partial charge in [-0.15, -0.1) is 0 Å². The number of hydrogen-bond acceptors (Lipinski definition) is 18. The van der Waals surface area contributed by atoms with Gasteiger partial charge in [-0.25, -0.2) is 82.8 Å². The average Bonchev–Trinajstić information content (AvgIpc) is 1.61. The Morgan fingerprint density at radius 1 is 0.473 bits per heavy atom. The first kappa shape index (κ1) is 85.0. The summed E-state index contributed by atoms with van der Waals surface area (Å²) in [6.07, 6.45) is 6.85. The largest absolute Gasteiger partial charge is 0.497 e. The molecule has 604 valence electrons. The summed E-state index contributed by atoms with van der Waals surface area (Å²) in [5, 5.41) is 7.44. The number of carbonyl (C=O) groups is 3. The van der Waals surface area contributed by atoms with Crippen LogP contribution in [0.3, 0.4) is 0 Å². The van der Waals surface area contributed by atoms with E-state index in [0.29, 0.717) is 112 Å². The van der Waals surface area contributed by atoms with Gasteiger partial charge in [0.05, 0.1) is 40.8 Å². The summed E-state index contributed by atoms with van der Waals surface area (Å²) in [4.78, 5) is 36.2. The lowest BCUT2D eigenvalue weighted by molar-refractivity contribution is 0.0954. The van der Waals surface area contributed by atoms with E-state index in [1.165, 1.54) is 35.0 Å². The van der Waals surface area contributed by atoms with Gasteiger partial charge in [0.15, 0.2) is 34.9 Å². The summed E-state index contributed by atoms with van der Waals surface area (Å²) in [7, 11) is -11.8. The van der Waals surface area contributed by atoms with Gasteiger partial charge in [-0.3, -0.25) is 4.79 Å². The van der Waals surface area contributed by atoms with E-state index < -0.39 is 129 Å². The third kappa shape index (κ3) is 20.7. The van der Waals surface area contributed by atoms with Crippen molar-refractivity contribution in [2.24, 2.45) is 35.0 Å². The minimum atomic E-state index is -3.76. The summed E-state index contributed by atoms with van der Waals surface area (Å²) < 4.78 is 250. The molecule has 7 aliphatic heterocycles. The topological polar surface area (TPSA) is 349 Å². The van der Waals surface area contributed by atoms with Crippen LogP contribution in [0, 0.1) is 70.1 Å². The molecule has 0 saturated carbocycles. The normalized spacial score (nSPS) is 23.6. The zero-order chi connectivity index (χ0) is 79.7.